The van der Waals surface area contributed by atoms with Gasteiger partial charge in [0.1, 0.15) is 18.6 Å². The third-order valence-corrected chi connectivity index (χ3v) is 4.78. The largest absolute Gasteiger partial charge is 0.486 e. The number of thioether (sulfide) groups is 1. The van der Waals surface area contributed by atoms with Gasteiger partial charge in [-0.1, -0.05) is 19.9 Å². The fourth-order valence-electron chi connectivity index (χ4n) is 2.52. The third-order valence-electron chi connectivity index (χ3n) is 3.52. The summed E-state index contributed by atoms with van der Waals surface area (Å²) in [5, 5.41) is 0.0979. The first-order valence-electron chi connectivity index (χ1n) is 6.98. The van der Waals surface area contributed by atoms with E-state index in [-0.39, 0.29) is 17.2 Å². The summed E-state index contributed by atoms with van der Waals surface area (Å²) in [7, 11) is 0. The summed E-state index contributed by atoms with van der Waals surface area (Å²) < 4.78 is 11.2. The van der Waals surface area contributed by atoms with Crippen molar-refractivity contribution in [3.63, 3.8) is 0 Å². The topological polar surface area (TPSA) is 38.8 Å². The summed E-state index contributed by atoms with van der Waals surface area (Å²) in [6.45, 7) is 5.91. The molecule has 2 heterocycles. The number of hydrogen-bond donors (Lipinski definition) is 0. The Morgan fingerprint density at radius 1 is 1.30 bits per heavy atom. The van der Waals surface area contributed by atoms with Crippen LogP contribution in [0, 0.1) is 5.92 Å². The van der Waals surface area contributed by atoms with Crippen molar-refractivity contribution in [2.24, 2.45) is 5.92 Å². The van der Waals surface area contributed by atoms with Crippen LogP contribution in [0.1, 0.15) is 24.8 Å². The second-order valence-corrected chi connectivity index (χ2v) is 6.50. The number of benzene rings is 1. The van der Waals surface area contributed by atoms with Crippen molar-refractivity contribution < 1.29 is 14.3 Å². The first-order chi connectivity index (χ1) is 9.66. The van der Waals surface area contributed by atoms with Crippen molar-refractivity contribution in [3.8, 4) is 11.5 Å². The lowest BCUT2D eigenvalue weighted by atomic mass is 10.1. The maximum atomic E-state index is 12.3. The van der Waals surface area contributed by atoms with Crippen LogP contribution < -0.4 is 9.47 Å². The van der Waals surface area contributed by atoms with E-state index in [1.807, 2.05) is 48.7 Å². The van der Waals surface area contributed by atoms with Crippen molar-refractivity contribution in [2.75, 3.05) is 25.5 Å². The number of fused-ring (bicyclic) bond motifs is 1. The highest BCUT2D eigenvalue weighted by Gasteiger charge is 2.32. The van der Waals surface area contributed by atoms with Gasteiger partial charge in [0.25, 0.3) is 0 Å². The van der Waals surface area contributed by atoms with Crippen LogP contribution in [0.3, 0.4) is 0 Å². The number of carbonyl (C=O) groups excluding carboxylic acids is 1. The van der Waals surface area contributed by atoms with Crippen molar-refractivity contribution in [3.05, 3.63) is 23.8 Å². The van der Waals surface area contributed by atoms with Crippen LogP contribution in [0.15, 0.2) is 18.2 Å². The first kappa shape index (κ1) is 13.6. The fourth-order valence-corrected chi connectivity index (χ4v) is 3.77. The Hall–Kier alpha value is -1.36. The van der Waals surface area contributed by atoms with Gasteiger partial charge in [0.15, 0.2) is 11.5 Å². The Bertz CT molecular complexity index is 518. The second kappa shape index (κ2) is 5.56. The second-order valence-electron chi connectivity index (χ2n) is 5.31. The Labute approximate surface area is 123 Å². The van der Waals surface area contributed by atoms with Gasteiger partial charge < -0.3 is 14.4 Å². The molecule has 3 rings (SSSR count). The van der Waals surface area contributed by atoms with E-state index in [1.54, 1.807) is 0 Å². The lowest BCUT2D eigenvalue weighted by molar-refractivity contribution is -0.134. The predicted molar refractivity (Wildman–Crippen MR) is 79.2 cm³/mol. The molecule has 1 fully saturated rings. The number of carbonyl (C=O) groups is 1. The Balaban J connectivity index is 1.86. The highest BCUT2D eigenvalue weighted by molar-refractivity contribution is 7.99. The van der Waals surface area contributed by atoms with Crippen LogP contribution >= 0.6 is 11.8 Å². The molecule has 108 valence electrons. The maximum Gasteiger partial charge on any atom is 0.226 e. The van der Waals surface area contributed by atoms with E-state index in [1.165, 1.54) is 0 Å². The number of rotatable bonds is 2. The van der Waals surface area contributed by atoms with E-state index < -0.39 is 0 Å². The summed E-state index contributed by atoms with van der Waals surface area (Å²) in [4.78, 5) is 14.2. The van der Waals surface area contributed by atoms with Crippen LogP contribution in [0.25, 0.3) is 0 Å². The SMILES string of the molecule is CC(C)C(=O)N1CCS[C@H]1c1ccc2c(c1)OCCO2. The highest BCUT2D eigenvalue weighted by atomic mass is 32.2. The summed E-state index contributed by atoms with van der Waals surface area (Å²) >= 11 is 1.81. The number of hydrogen-bond acceptors (Lipinski definition) is 4. The molecular formula is C15H19NO3S. The fraction of sp³-hybridized carbons (Fsp3) is 0.533. The molecule has 0 aromatic heterocycles. The number of amides is 1. The molecule has 0 N–H and O–H groups in total. The smallest absolute Gasteiger partial charge is 0.226 e. The minimum absolute atomic E-state index is 0.0356. The Morgan fingerprint density at radius 2 is 2.05 bits per heavy atom. The zero-order chi connectivity index (χ0) is 14.1. The molecule has 1 saturated heterocycles. The average Bonchev–Trinajstić information content (AvgIpc) is 2.95. The summed E-state index contributed by atoms with van der Waals surface area (Å²) in [6.07, 6.45) is 0. The molecule has 1 atom stereocenters. The molecule has 2 aliphatic rings. The van der Waals surface area contributed by atoms with E-state index in [9.17, 15) is 4.79 Å². The molecule has 5 heteroatoms. The first-order valence-corrected chi connectivity index (χ1v) is 8.03. The van der Waals surface area contributed by atoms with E-state index in [2.05, 4.69) is 0 Å². The van der Waals surface area contributed by atoms with Gasteiger partial charge in [0, 0.05) is 18.2 Å². The van der Waals surface area contributed by atoms with Gasteiger partial charge in [0.2, 0.25) is 5.91 Å². The predicted octanol–water partition coefficient (Wildman–Crippen LogP) is 2.69. The van der Waals surface area contributed by atoms with Crippen LogP contribution in [0.2, 0.25) is 0 Å². The molecule has 0 unspecified atom stereocenters. The van der Waals surface area contributed by atoms with Crippen molar-refractivity contribution in [2.45, 2.75) is 19.2 Å². The van der Waals surface area contributed by atoms with Crippen LogP contribution in [0.5, 0.6) is 11.5 Å². The molecule has 0 spiro atoms. The molecule has 1 amide bonds. The molecule has 4 nitrogen and oxygen atoms in total. The maximum absolute atomic E-state index is 12.3. The molecular weight excluding hydrogens is 274 g/mol. The molecule has 1 aromatic carbocycles. The summed E-state index contributed by atoms with van der Waals surface area (Å²) in [5.74, 6) is 2.82. The molecule has 0 aliphatic carbocycles. The van der Waals surface area contributed by atoms with Gasteiger partial charge in [-0.3, -0.25) is 4.79 Å². The van der Waals surface area contributed by atoms with Crippen LogP contribution in [0.4, 0.5) is 0 Å². The highest BCUT2D eigenvalue weighted by Crippen LogP contribution is 2.42. The van der Waals surface area contributed by atoms with Gasteiger partial charge in [-0.25, -0.2) is 0 Å². The minimum atomic E-state index is 0.0356. The van der Waals surface area contributed by atoms with Gasteiger partial charge >= 0.3 is 0 Å². The number of nitrogens with zero attached hydrogens (tertiary/aromatic N) is 1. The summed E-state index contributed by atoms with van der Waals surface area (Å²) in [5.41, 5.74) is 1.12. The molecule has 20 heavy (non-hydrogen) atoms. The molecule has 0 radical (unpaired) electrons. The van der Waals surface area contributed by atoms with Crippen molar-refractivity contribution in [1.29, 1.82) is 0 Å². The molecule has 2 aliphatic heterocycles. The Kier molecular flexibility index (Phi) is 3.78. The lowest BCUT2D eigenvalue weighted by Crippen LogP contribution is -2.33. The number of ether oxygens (including phenoxy) is 2. The molecule has 0 saturated carbocycles. The quantitative estimate of drug-likeness (QED) is 0.840. The lowest BCUT2D eigenvalue weighted by Gasteiger charge is -2.27. The molecule has 0 bridgehead atoms. The van der Waals surface area contributed by atoms with Crippen molar-refractivity contribution >= 4 is 17.7 Å². The van der Waals surface area contributed by atoms with E-state index in [4.69, 9.17) is 9.47 Å². The summed E-state index contributed by atoms with van der Waals surface area (Å²) in [6, 6.07) is 6.00. The third kappa shape index (κ3) is 2.46. The van der Waals surface area contributed by atoms with E-state index in [0.717, 1.165) is 29.4 Å². The zero-order valence-electron chi connectivity index (χ0n) is 11.8. The normalized spacial score (nSPS) is 21.4. The zero-order valence-corrected chi connectivity index (χ0v) is 12.6. The van der Waals surface area contributed by atoms with E-state index >= 15 is 0 Å². The van der Waals surface area contributed by atoms with Crippen LogP contribution in [-0.2, 0) is 4.79 Å². The van der Waals surface area contributed by atoms with E-state index in [0.29, 0.717) is 13.2 Å². The van der Waals surface area contributed by atoms with Gasteiger partial charge in [-0.15, -0.1) is 11.8 Å². The van der Waals surface area contributed by atoms with Gasteiger partial charge in [-0.05, 0) is 17.7 Å². The Morgan fingerprint density at radius 3 is 2.80 bits per heavy atom. The van der Waals surface area contributed by atoms with Gasteiger partial charge in [0.05, 0.1) is 0 Å². The van der Waals surface area contributed by atoms with Crippen LogP contribution in [-0.4, -0.2) is 36.3 Å². The molecule has 1 aromatic rings. The average molecular weight is 293 g/mol. The van der Waals surface area contributed by atoms with Gasteiger partial charge in [-0.2, -0.15) is 0 Å². The minimum Gasteiger partial charge on any atom is -0.486 e. The van der Waals surface area contributed by atoms with Crippen molar-refractivity contribution in [1.82, 2.24) is 4.90 Å². The standard InChI is InChI=1S/C15H19NO3S/c1-10(2)14(17)16-5-8-20-15(16)11-3-4-12-13(9-11)19-7-6-18-12/h3-4,9-10,15H,5-8H2,1-2H3/t15-/m0/s1. The monoisotopic (exact) mass is 293 g/mol.